The molecular weight excluding hydrogens is 194 g/mol. The maximum Gasteiger partial charge on any atom is 0.344 e. The van der Waals surface area contributed by atoms with E-state index in [9.17, 15) is 4.79 Å². The fourth-order valence-electron chi connectivity index (χ4n) is 1.28. The van der Waals surface area contributed by atoms with E-state index in [1.54, 1.807) is 0 Å². The van der Waals surface area contributed by atoms with Crippen LogP contribution in [0.5, 0.6) is 0 Å². The molecule has 0 aliphatic heterocycles. The van der Waals surface area contributed by atoms with Crippen LogP contribution in [0.4, 0.5) is 0 Å². The summed E-state index contributed by atoms with van der Waals surface area (Å²) < 4.78 is 0. The molecule has 0 radical (unpaired) electrons. The van der Waals surface area contributed by atoms with Crippen molar-refractivity contribution in [2.75, 3.05) is 6.61 Å². The van der Waals surface area contributed by atoms with E-state index < -0.39 is 5.97 Å². The molecule has 0 aromatic rings. The van der Waals surface area contributed by atoms with Crippen molar-refractivity contribution in [2.45, 2.75) is 40.5 Å². The molecule has 0 heterocycles. The Bertz CT molecular complexity index is 210. The normalized spacial score (nSPS) is 10.5. The lowest BCUT2D eigenvalue weighted by molar-refractivity contribution is -0.142. The Morgan fingerprint density at radius 3 is 2.00 bits per heavy atom. The lowest BCUT2D eigenvalue weighted by atomic mass is 9.99. The summed E-state index contributed by atoms with van der Waals surface area (Å²) in [6.07, 6.45) is 1.72. The highest BCUT2D eigenvalue weighted by Gasteiger charge is 2.07. The zero-order chi connectivity index (χ0) is 11.8. The minimum absolute atomic E-state index is 0.361. The number of carboxylic acids is 1. The first-order valence-electron chi connectivity index (χ1n) is 5.31. The van der Waals surface area contributed by atoms with Crippen molar-refractivity contribution in [3.63, 3.8) is 0 Å². The maximum absolute atomic E-state index is 10.2. The summed E-state index contributed by atoms with van der Waals surface area (Å²) in [7, 11) is 0. The van der Waals surface area contributed by atoms with Gasteiger partial charge in [0.05, 0.1) is 5.71 Å². The highest BCUT2D eigenvalue weighted by molar-refractivity contribution is 5.84. The van der Waals surface area contributed by atoms with Crippen LogP contribution in [0.1, 0.15) is 40.5 Å². The van der Waals surface area contributed by atoms with E-state index in [1.165, 1.54) is 0 Å². The molecule has 88 valence electrons. The second kappa shape index (κ2) is 7.26. The van der Waals surface area contributed by atoms with Gasteiger partial charge < -0.3 is 9.94 Å². The molecule has 0 aromatic heterocycles. The average molecular weight is 215 g/mol. The summed E-state index contributed by atoms with van der Waals surface area (Å²) in [6, 6.07) is 0. The number of carbonyl (C=O) groups is 1. The molecule has 1 N–H and O–H groups in total. The first-order valence-corrected chi connectivity index (χ1v) is 5.31. The van der Waals surface area contributed by atoms with Crippen molar-refractivity contribution in [3.05, 3.63) is 0 Å². The number of hydrogen-bond donors (Lipinski definition) is 1. The van der Waals surface area contributed by atoms with E-state index in [2.05, 4.69) is 32.9 Å². The Morgan fingerprint density at radius 2 is 1.67 bits per heavy atom. The topological polar surface area (TPSA) is 58.9 Å². The second-order valence-electron chi connectivity index (χ2n) is 4.52. The molecule has 0 aliphatic rings. The molecule has 0 saturated heterocycles. The largest absolute Gasteiger partial charge is 0.479 e. The molecule has 15 heavy (non-hydrogen) atoms. The van der Waals surface area contributed by atoms with Crippen LogP contribution in [0.15, 0.2) is 5.16 Å². The minimum Gasteiger partial charge on any atom is -0.479 e. The van der Waals surface area contributed by atoms with Crippen LogP contribution in [-0.2, 0) is 9.63 Å². The maximum atomic E-state index is 10.2. The summed E-state index contributed by atoms with van der Waals surface area (Å²) in [5.41, 5.74) is 0.946. The average Bonchev–Trinajstić information content (AvgIpc) is 2.00. The fraction of sp³-hybridized carbons (Fsp3) is 0.818. The molecule has 0 aliphatic carbocycles. The molecular formula is C11H21NO3. The highest BCUT2D eigenvalue weighted by atomic mass is 16.6. The fourth-order valence-corrected chi connectivity index (χ4v) is 1.28. The third-order valence-electron chi connectivity index (χ3n) is 1.67. The number of nitrogens with zero attached hydrogens (tertiary/aromatic N) is 1. The Kier molecular flexibility index (Phi) is 6.75. The van der Waals surface area contributed by atoms with Gasteiger partial charge in [0.15, 0.2) is 0 Å². The molecule has 0 amide bonds. The van der Waals surface area contributed by atoms with E-state index in [-0.39, 0.29) is 6.61 Å². The number of hydrogen-bond acceptors (Lipinski definition) is 3. The van der Waals surface area contributed by atoms with Gasteiger partial charge in [-0.3, -0.25) is 0 Å². The molecule has 0 unspecified atom stereocenters. The summed E-state index contributed by atoms with van der Waals surface area (Å²) in [5, 5.41) is 12.3. The third kappa shape index (κ3) is 9.25. The molecule has 4 heteroatoms. The number of aliphatic carboxylic acids is 1. The monoisotopic (exact) mass is 215 g/mol. The quantitative estimate of drug-likeness (QED) is 0.524. The van der Waals surface area contributed by atoms with Crippen molar-refractivity contribution < 1.29 is 14.7 Å². The van der Waals surface area contributed by atoms with Crippen LogP contribution in [0, 0.1) is 11.8 Å². The SMILES string of the molecule is CC(C)CC(CC(C)C)=NOCC(=O)O. The minimum atomic E-state index is -0.993. The third-order valence-corrected chi connectivity index (χ3v) is 1.67. The van der Waals surface area contributed by atoms with Crippen LogP contribution >= 0.6 is 0 Å². The van der Waals surface area contributed by atoms with Gasteiger partial charge in [-0.25, -0.2) is 4.79 Å². The van der Waals surface area contributed by atoms with Gasteiger partial charge in [0, 0.05) is 0 Å². The first kappa shape index (κ1) is 13.9. The summed E-state index contributed by atoms with van der Waals surface area (Å²) in [4.78, 5) is 15.0. The van der Waals surface area contributed by atoms with E-state index in [0.717, 1.165) is 18.6 Å². The lowest BCUT2D eigenvalue weighted by Crippen LogP contribution is -2.10. The summed E-state index contributed by atoms with van der Waals surface area (Å²) >= 11 is 0. The predicted octanol–water partition coefficient (Wildman–Crippen LogP) is 2.54. The predicted molar refractivity (Wildman–Crippen MR) is 59.9 cm³/mol. The van der Waals surface area contributed by atoms with Crippen molar-refractivity contribution in [3.8, 4) is 0 Å². The van der Waals surface area contributed by atoms with Crippen LogP contribution in [0.25, 0.3) is 0 Å². The Balaban J connectivity index is 4.14. The van der Waals surface area contributed by atoms with Gasteiger partial charge in [0.25, 0.3) is 0 Å². The Labute approximate surface area is 91.3 Å². The number of rotatable bonds is 7. The van der Waals surface area contributed by atoms with Gasteiger partial charge in [-0.05, 0) is 24.7 Å². The highest BCUT2D eigenvalue weighted by Crippen LogP contribution is 2.10. The van der Waals surface area contributed by atoms with E-state index in [1.807, 2.05) is 0 Å². The molecule has 0 saturated carbocycles. The molecule has 4 nitrogen and oxygen atoms in total. The molecule has 0 bridgehead atoms. The van der Waals surface area contributed by atoms with E-state index >= 15 is 0 Å². The van der Waals surface area contributed by atoms with Crippen LogP contribution in [0.3, 0.4) is 0 Å². The van der Waals surface area contributed by atoms with E-state index in [0.29, 0.717) is 11.8 Å². The zero-order valence-electron chi connectivity index (χ0n) is 9.99. The van der Waals surface area contributed by atoms with Crippen LogP contribution in [0.2, 0.25) is 0 Å². The van der Waals surface area contributed by atoms with Gasteiger partial charge in [0.2, 0.25) is 6.61 Å². The standard InChI is InChI=1S/C11H21NO3/c1-8(2)5-10(6-9(3)4)12-15-7-11(13)14/h8-9H,5-7H2,1-4H3,(H,13,14). The van der Waals surface area contributed by atoms with Crippen LogP contribution in [-0.4, -0.2) is 23.4 Å². The van der Waals surface area contributed by atoms with Gasteiger partial charge in [0.1, 0.15) is 0 Å². The van der Waals surface area contributed by atoms with Crippen molar-refractivity contribution in [1.29, 1.82) is 0 Å². The van der Waals surface area contributed by atoms with E-state index in [4.69, 9.17) is 9.94 Å². The van der Waals surface area contributed by atoms with Gasteiger partial charge in [-0.1, -0.05) is 32.9 Å². The summed E-state index contributed by atoms with van der Waals surface area (Å²) in [6.45, 7) is 8.06. The number of oxime groups is 1. The van der Waals surface area contributed by atoms with Crippen LogP contribution < -0.4 is 0 Å². The summed E-state index contributed by atoms with van der Waals surface area (Å²) in [5.74, 6) is 0.0269. The molecule has 0 spiro atoms. The number of carboxylic acid groups (broad SMARTS) is 1. The van der Waals surface area contributed by atoms with Gasteiger partial charge in [-0.2, -0.15) is 0 Å². The zero-order valence-corrected chi connectivity index (χ0v) is 9.99. The smallest absolute Gasteiger partial charge is 0.344 e. The molecule has 0 aromatic carbocycles. The van der Waals surface area contributed by atoms with Crippen molar-refractivity contribution >= 4 is 11.7 Å². The molecule has 0 atom stereocenters. The van der Waals surface area contributed by atoms with Gasteiger partial charge in [-0.15, -0.1) is 0 Å². The first-order chi connectivity index (χ1) is 6.91. The van der Waals surface area contributed by atoms with Gasteiger partial charge >= 0.3 is 5.97 Å². The Hall–Kier alpha value is -1.06. The molecule has 0 rings (SSSR count). The Morgan fingerprint density at radius 1 is 1.20 bits per heavy atom. The second-order valence-corrected chi connectivity index (χ2v) is 4.52. The van der Waals surface area contributed by atoms with Crippen molar-refractivity contribution in [1.82, 2.24) is 0 Å². The lowest BCUT2D eigenvalue weighted by Gasteiger charge is -2.10. The van der Waals surface area contributed by atoms with Crippen molar-refractivity contribution in [2.24, 2.45) is 17.0 Å². The molecule has 0 fully saturated rings.